The van der Waals surface area contributed by atoms with Gasteiger partial charge in [0.1, 0.15) is 0 Å². The number of allylic oxidation sites excluding steroid dienone is 2. The Hall–Kier alpha value is -4.05. The molecule has 0 amide bonds. The summed E-state index contributed by atoms with van der Waals surface area (Å²) in [6.07, 6.45) is 7.49. The van der Waals surface area contributed by atoms with E-state index >= 15 is 0 Å². The minimum absolute atomic E-state index is 0. The first kappa shape index (κ1) is 35.3. The summed E-state index contributed by atoms with van der Waals surface area (Å²) in [4.78, 5) is 17.0. The van der Waals surface area contributed by atoms with Gasteiger partial charge in [0.2, 0.25) is 0 Å². The Morgan fingerprint density at radius 3 is 2.17 bits per heavy atom. The predicted octanol–water partition coefficient (Wildman–Crippen LogP) is 11.5. The number of aliphatic hydroxyl groups is 1. The fraction of sp³-hybridized carbons (Fsp3) is 0.302. The van der Waals surface area contributed by atoms with Gasteiger partial charge in [-0.3, -0.25) is 9.78 Å². The molecule has 5 heteroatoms. The number of pyridine rings is 1. The summed E-state index contributed by atoms with van der Waals surface area (Å²) in [5.74, 6) is 1.25. The molecule has 0 unspecified atom stereocenters. The van der Waals surface area contributed by atoms with Crippen LogP contribution in [0.2, 0.25) is 0 Å². The number of fused-ring (bicyclic) bond motifs is 5. The van der Waals surface area contributed by atoms with Crippen LogP contribution in [0.5, 0.6) is 0 Å². The zero-order valence-corrected chi connectivity index (χ0v) is 30.8. The second-order valence-corrected chi connectivity index (χ2v) is 12.7. The average molecular weight is 814 g/mol. The van der Waals surface area contributed by atoms with Gasteiger partial charge in [0.15, 0.2) is 5.78 Å². The number of aliphatic hydroxyl groups excluding tert-OH is 1. The van der Waals surface area contributed by atoms with Crippen molar-refractivity contribution in [1.82, 2.24) is 9.55 Å². The van der Waals surface area contributed by atoms with E-state index in [1.165, 1.54) is 46.2 Å². The molecule has 2 aromatic heterocycles. The van der Waals surface area contributed by atoms with Gasteiger partial charge >= 0.3 is 0 Å². The molecule has 48 heavy (non-hydrogen) atoms. The number of carbonyl (C=O) groups is 1. The first-order chi connectivity index (χ1) is 23.0. The van der Waals surface area contributed by atoms with Gasteiger partial charge in [0.05, 0.1) is 16.8 Å². The molecule has 1 fully saturated rings. The Morgan fingerprint density at radius 1 is 0.854 bits per heavy atom. The van der Waals surface area contributed by atoms with Crippen molar-refractivity contribution in [3.05, 3.63) is 121 Å². The second kappa shape index (κ2) is 15.9. The summed E-state index contributed by atoms with van der Waals surface area (Å²) in [6, 6.07) is 37.8. The topological polar surface area (TPSA) is 55.1 Å². The third-order valence-electron chi connectivity index (χ3n) is 9.73. The van der Waals surface area contributed by atoms with Gasteiger partial charge in [-0.25, -0.2) is 0 Å². The van der Waals surface area contributed by atoms with Gasteiger partial charge in [0, 0.05) is 71.1 Å². The number of nitrogens with zero attached hydrogens (tertiary/aromatic N) is 2. The standard InChI is InChI=1S/C30H21N2.C13H24O2.Ir/c1-3-9-21(10-4-1)29-30-28(24-18-17-22(20-15-16-20)19-26(24)31-29)25-13-7-8-14-27(25)32(30)23-11-5-2-6-12-23;1-5-10(6-2)12(14)9-13(15)11(7-3)8-4;/h1-9,11-14,17-20H,15-16H2;9-11,14H,5-8H2,1-4H3;/q-1;;/b;12-9-;. The maximum Gasteiger partial charge on any atom is 0.162 e. The number of hydrogen-bond donors (Lipinski definition) is 1. The smallest absolute Gasteiger partial charge is 0.162 e. The minimum atomic E-state index is 0. The number of ketones is 1. The zero-order chi connectivity index (χ0) is 32.9. The maximum atomic E-state index is 11.7. The normalized spacial score (nSPS) is 13.2. The third-order valence-corrected chi connectivity index (χ3v) is 9.73. The van der Waals surface area contributed by atoms with Gasteiger partial charge in [-0.2, -0.15) is 0 Å². The fourth-order valence-electron chi connectivity index (χ4n) is 6.79. The van der Waals surface area contributed by atoms with E-state index in [1.54, 1.807) is 0 Å². The number of carbonyl (C=O) groups excluding carboxylic acids is 1. The Morgan fingerprint density at radius 2 is 1.52 bits per heavy atom. The number of para-hydroxylation sites is 2. The molecule has 4 aromatic carbocycles. The van der Waals surface area contributed by atoms with Crippen LogP contribution in [0.4, 0.5) is 0 Å². The minimum Gasteiger partial charge on any atom is -0.512 e. The Kier molecular flexibility index (Phi) is 11.7. The third kappa shape index (κ3) is 7.18. The SMILES string of the molecule is CCC(CC)C(=O)/C=C(\O)C(CC)CC.[Ir].[c-]1ccccc1-c1nc2cc(C3CC3)ccc2c2c3ccccc3n(-c3ccccc3)c12. The molecular formula is C43H45IrN2O2-. The molecule has 1 N–H and O–H groups in total. The van der Waals surface area contributed by atoms with Crippen molar-refractivity contribution in [2.45, 2.75) is 72.1 Å². The van der Waals surface area contributed by atoms with Gasteiger partial charge < -0.3 is 9.67 Å². The molecule has 7 rings (SSSR count). The first-order valence-corrected chi connectivity index (χ1v) is 17.3. The van der Waals surface area contributed by atoms with Crippen LogP contribution >= 0.6 is 0 Å². The van der Waals surface area contributed by atoms with E-state index in [9.17, 15) is 9.90 Å². The molecule has 0 aliphatic heterocycles. The Labute approximate surface area is 298 Å². The van der Waals surface area contributed by atoms with E-state index in [1.807, 2.05) is 39.8 Å². The number of aromatic nitrogens is 2. The van der Waals surface area contributed by atoms with E-state index < -0.39 is 0 Å². The van der Waals surface area contributed by atoms with Crippen LogP contribution in [0.25, 0.3) is 49.7 Å². The maximum absolute atomic E-state index is 11.7. The zero-order valence-electron chi connectivity index (χ0n) is 28.4. The van der Waals surface area contributed by atoms with Crippen LogP contribution in [0.1, 0.15) is 77.7 Å². The van der Waals surface area contributed by atoms with E-state index in [4.69, 9.17) is 4.98 Å². The quantitative estimate of drug-likeness (QED) is 0.0851. The molecule has 1 saturated carbocycles. The summed E-state index contributed by atoms with van der Waals surface area (Å²) >= 11 is 0. The van der Waals surface area contributed by atoms with Crippen LogP contribution in [-0.4, -0.2) is 20.4 Å². The van der Waals surface area contributed by atoms with Crippen molar-refractivity contribution in [3.8, 4) is 16.9 Å². The fourth-order valence-corrected chi connectivity index (χ4v) is 6.79. The molecule has 0 bridgehead atoms. The second-order valence-electron chi connectivity index (χ2n) is 12.7. The van der Waals surface area contributed by atoms with Gasteiger partial charge in [-0.05, 0) is 74.3 Å². The van der Waals surface area contributed by atoms with Crippen molar-refractivity contribution in [1.29, 1.82) is 0 Å². The molecule has 249 valence electrons. The van der Waals surface area contributed by atoms with Crippen LogP contribution in [0.15, 0.2) is 109 Å². The summed E-state index contributed by atoms with van der Waals surface area (Å²) in [7, 11) is 0. The van der Waals surface area contributed by atoms with Crippen LogP contribution in [0.3, 0.4) is 0 Å². The van der Waals surface area contributed by atoms with Gasteiger partial charge in [-0.15, -0.1) is 35.9 Å². The van der Waals surface area contributed by atoms with Crippen molar-refractivity contribution < 1.29 is 30.0 Å². The van der Waals surface area contributed by atoms with Crippen molar-refractivity contribution >= 4 is 38.5 Å². The monoisotopic (exact) mass is 814 g/mol. The van der Waals surface area contributed by atoms with Crippen molar-refractivity contribution in [2.24, 2.45) is 11.8 Å². The molecule has 1 radical (unpaired) electrons. The van der Waals surface area contributed by atoms with Crippen LogP contribution in [-0.2, 0) is 24.9 Å². The van der Waals surface area contributed by atoms with E-state index in [0.29, 0.717) is 5.92 Å². The molecule has 0 atom stereocenters. The summed E-state index contributed by atoms with van der Waals surface area (Å²) in [5.41, 5.74) is 7.99. The Balaban J connectivity index is 0.000000243. The van der Waals surface area contributed by atoms with E-state index in [2.05, 4.69) is 95.6 Å². The molecule has 2 heterocycles. The largest absolute Gasteiger partial charge is 0.512 e. The van der Waals surface area contributed by atoms with Gasteiger partial charge in [0.25, 0.3) is 0 Å². The van der Waals surface area contributed by atoms with Gasteiger partial charge in [-0.1, -0.05) is 76.2 Å². The molecule has 1 aliphatic carbocycles. The molecule has 4 nitrogen and oxygen atoms in total. The van der Waals surface area contributed by atoms with Crippen molar-refractivity contribution in [3.63, 3.8) is 0 Å². The molecule has 1 aliphatic rings. The van der Waals surface area contributed by atoms with E-state index in [0.717, 1.165) is 53.7 Å². The molecule has 0 saturated heterocycles. The predicted molar refractivity (Wildman–Crippen MR) is 196 cm³/mol. The number of benzene rings is 4. The average Bonchev–Trinajstić information content (AvgIpc) is 3.91. The Bertz CT molecular complexity index is 2020. The summed E-state index contributed by atoms with van der Waals surface area (Å²) in [6.45, 7) is 8.07. The summed E-state index contributed by atoms with van der Waals surface area (Å²) in [5, 5.41) is 13.5. The van der Waals surface area contributed by atoms with Crippen LogP contribution in [0, 0.1) is 17.9 Å². The summed E-state index contributed by atoms with van der Waals surface area (Å²) < 4.78 is 2.36. The van der Waals surface area contributed by atoms with Crippen molar-refractivity contribution in [2.75, 3.05) is 0 Å². The molecular weight excluding hydrogens is 769 g/mol. The number of rotatable bonds is 10. The first-order valence-electron chi connectivity index (χ1n) is 17.3. The molecule has 6 aromatic rings. The number of hydrogen-bond acceptors (Lipinski definition) is 3. The van der Waals surface area contributed by atoms with E-state index in [-0.39, 0.29) is 43.5 Å². The molecule has 0 spiro atoms. The van der Waals surface area contributed by atoms with Crippen LogP contribution < -0.4 is 0 Å².